The summed E-state index contributed by atoms with van der Waals surface area (Å²) in [5.41, 5.74) is 0. The van der Waals surface area contributed by atoms with Gasteiger partial charge in [-0.25, -0.2) is 4.79 Å². The van der Waals surface area contributed by atoms with Gasteiger partial charge >= 0.3 is 6.03 Å². The van der Waals surface area contributed by atoms with Crippen LogP contribution in [0.15, 0.2) is 0 Å². The van der Waals surface area contributed by atoms with Crippen molar-refractivity contribution in [2.45, 2.75) is 39.2 Å². The zero-order valence-electron chi connectivity index (χ0n) is 13.6. The first-order valence-electron chi connectivity index (χ1n) is 7.72. The van der Waals surface area contributed by atoms with Crippen LogP contribution >= 0.6 is 0 Å². The van der Waals surface area contributed by atoms with E-state index in [1.54, 1.807) is 23.9 Å². The Morgan fingerprint density at radius 1 is 1.29 bits per heavy atom. The molecule has 0 bridgehead atoms. The average Bonchev–Trinajstić information content (AvgIpc) is 2.45. The molecule has 0 aromatic carbocycles. The molecule has 0 spiro atoms. The van der Waals surface area contributed by atoms with Crippen molar-refractivity contribution in [3.8, 4) is 0 Å². The number of nitrogens with zero attached hydrogens (tertiary/aromatic N) is 2. The van der Waals surface area contributed by atoms with E-state index >= 15 is 0 Å². The molecule has 1 heterocycles. The topological polar surface area (TPSA) is 72.9 Å². The fourth-order valence-corrected chi connectivity index (χ4v) is 2.68. The molecule has 1 aliphatic heterocycles. The highest BCUT2D eigenvalue weighted by atomic mass is 16.3. The van der Waals surface area contributed by atoms with Crippen molar-refractivity contribution >= 4 is 11.9 Å². The van der Waals surface area contributed by atoms with Crippen LogP contribution in [0.25, 0.3) is 0 Å². The highest BCUT2D eigenvalue weighted by Crippen LogP contribution is 2.18. The second kappa shape index (κ2) is 8.22. The molecule has 6 heteroatoms. The average molecular weight is 299 g/mol. The van der Waals surface area contributed by atoms with E-state index in [1.165, 1.54) is 0 Å². The summed E-state index contributed by atoms with van der Waals surface area (Å²) >= 11 is 0. The van der Waals surface area contributed by atoms with Crippen molar-refractivity contribution < 1.29 is 14.7 Å². The van der Waals surface area contributed by atoms with Gasteiger partial charge in [0.25, 0.3) is 0 Å². The van der Waals surface area contributed by atoms with Crippen LogP contribution in [-0.4, -0.2) is 66.7 Å². The summed E-state index contributed by atoms with van der Waals surface area (Å²) in [6.07, 6.45) is 2.15. The lowest BCUT2D eigenvalue weighted by Gasteiger charge is -2.33. The van der Waals surface area contributed by atoms with Gasteiger partial charge in [-0.2, -0.15) is 0 Å². The van der Waals surface area contributed by atoms with E-state index in [1.807, 2.05) is 0 Å². The Hall–Kier alpha value is -1.30. The van der Waals surface area contributed by atoms with Crippen LogP contribution in [0.3, 0.4) is 0 Å². The molecule has 0 saturated carbocycles. The van der Waals surface area contributed by atoms with E-state index in [0.717, 1.165) is 6.42 Å². The van der Waals surface area contributed by atoms with Gasteiger partial charge in [0.1, 0.15) is 0 Å². The number of hydrogen-bond acceptors (Lipinski definition) is 3. The number of hydrogen-bond donors (Lipinski definition) is 2. The molecular weight excluding hydrogens is 270 g/mol. The van der Waals surface area contributed by atoms with Gasteiger partial charge in [0.15, 0.2) is 0 Å². The van der Waals surface area contributed by atoms with Gasteiger partial charge in [-0.3, -0.25) is 4.79 Å². The second-order valence-corrected chi connectivity index (χ2v) is 6.46. The highest BCUT2D eigenvalue weighted by Gasteiger charge is 2.28. The van der Waals surface area contributed by atoms with E-state index in [-0.39, 0.29) is 30.5 Å². The van der Waals surface area contributed by atoms with E-state index in [4.69, 9.17) is 0 Å². The smallest absolute Gasteiger partial charge is 0.319 e. The second-order valence-electron chi connectivity index (χ2n) is 6.46. The zero-order valence-corrected chi connectivity index (χ0v) is 13.6. The van der Waals surface area contributed by atoms with Crippen LogP contribution in [0.5, 0.6) is 0 Å². The molecule has 0 aromatic heterocycles. The summed E-state index contributed by atoms with van der Waals surface area (Å²) in [5, 5.41) is 12.3. The lowest BCUT2D eigenvalue weighted by atomic mass is 9.95. The van der Waals surface area contributed by atoms with Crippen LogP contribution < -0.4 is 5.32 Å². The van der Waals surface area contributed by atoms with Gasteiger partial charge in [-0.05, 0) is 25.2 Å². The maximum atomic E-state index is 12.2. The Balaban J connectivity index is 2.42. The Morgan fingerprint density at radius 3 is 2.29 bits per heavy atom. The zero-order chi connectivity index (χ0) is 16.0. The molecule has 6 nitrogen and oxygen atoms in total. The monoisotopic (exact) mass is 299 g/mol. The van der Waals surface area contributed by atoms with E-state index < -0.39 is 0 Å². The van der Waals surface area contributed by atoms with Gasteiger partial charge < -0.3 is 20.2 Å². The predicted molar refractivity (Wildman–Crippen MR) is 81.9 cm³/mol. The number of piperidine rings is 1. The summed E-state index contributed by atoms with van der Waals surface area (Å²) in [7, 11) is 3.47. The number of carbonyl (C=O) groups is 2. The lowest BCUT2D eigenvalue weighted by molar-refractivity contribution is -0.127. The Labute approximate surface area is 127 Å². The fraction of sp³-hybridized carbons (Fsp3) is 0.867. The van der Waals surface area contributed by atoms with Gasteiger partial charge in [0, 0.05) is 33.1 Å². The van der Waals surface area contributed by atoms with Crippen molar-refractivity contribution in [3.63, 3.8) is 0 Å². The molecule has 0 aromatic rings. The minimum absolute atomic E-state index is 0.00176. The van der Waals surface area contributed by atoms with Gasteiger partial charge in [-0.1, -0.05) is 13.8 Å². The first-order valence-corrected chi connectivity index (χ1v) is 7.72. The molecule has 21 heavy (non-hydrogen) atoms. The third kappa shape index (κ3) is 5.53. The minimum Gasteiger partial charge on any atom is -0.394 e. The molecule has 1 atom stereocenters. The number of urea groups is 1. The molecule has 122 valence electrons. The Kier molecular flexibility index (Phi) is 6.95. The third-order valence-electron chi connectivity index (χ3n) is 3.84. The summed E-state index contributed by atoms with van der Waals surface area (Å²) in [5.74, 6) is 0.381. The number of amides is 3. The molecule has 3 amide bonds. The molecule has 0 aliphatic carbocycles. The molecule has 0 radical (unpaired) electrons. The molecule has 1 aliphatic rings. The van der Waals surface area contributed by atoms with Gasteiger partial charge in [-0.15, -0.1) is 0 Å². The summed E-state index contributed by atoms with van der Waals surface area (Å²) < 4.78 is 0. The van der Waals surface area contributed by atoms with Crippen LogP contribution in [0.4, 0.5) is 4.79 Å². The molecule has 1 fully saturated rings. The molecular formula is C15H29N3O3. The normalized spacial score (nSPS) is 17.7. The Bertz CT molecular complexity index is 350. The number of aliphatic hydroxyl groups excluding tert-OH is 1. The lowest BCUT2D eigenvalue weighted by Crippen LogP contribution is -2.48. The first-order chi connectivity index (χ1) is 9.85. The third-order valence-corrected chi connectivity index (χ3v) is 3.84. The van der Waals surface area contributed by atoms with E-state index in [2.05, 4.69) is 19.2 Å². The largest absolute Gasteiger partial charge is 0.394 e. The number of aliphatic hydroxyl groups is 1. The number of carbonyl (C=O) groups excluding carboxylic acids is 2. The van der Waals surface area contributed by atoms with Crippen LogP contribution in [0.2, 0.25) is 0 Å². The van der Waals surface area contributed by atoms with Crippen LogP contribution in [-0.2, 0) is 4.79 Å². The fourth-order valence-electron chi connectivity index (χ4n) is 2.68. The highest BCUT2D eigenvalue weighted by molar-refractivity contribution is 5.80. The standard InChI is InChI=1S/C15H29N3O3/c1-11(2)9-13(10-19)16-14(20)12-5-7-18(8-6-12)15(21)17(3)4/h11-13,19H,5-10H2,1-4H3,(H,16,20). The van der Waals surface area contributed by atoms with E-state index in [0.29, 0.717) is 31.8 Å². The van der Waals surface area contributed by atoms with Gasteiger partial charge in [0.2, 0.25) is 5.91 Å². The van der Waals surface area contributed by atoms with Crippen molar-refractivity contribution in [2.75, 3.05) is 33.8 Å². The quantitative estimate of drug-likeness (QED) is 0.792. The van der Waals surface area contributed by atoms with Crippen molar-refractivity contribution in [1.29, 1.82) is 0 Å². The van der Waals surface area contributed by atoms with Crippen molar-refractivity contribution in [2.24, 2.45) is 11.8 Å². The van der Waals surface area contributed by atoms with Crippen molar-refractivity contribution in [1.82, 2.24) is 15.1 Å². The van der Waals surface area contributed by atoms with Crippen LogP contribution in [0.1, 0.15) is 33.1 Å². The maximum absolute atomic E-state index is 12.2. The summed E-state index contributed by atoms with van der Waals surface area (Å²) in [6.45, 7) is 5.34. The molecule has 1 rings (SSSR count). The van der Waals surface area contributed by atoms with Crippen LogP contribution in [0, 0.1) is 11.8 Å². The predicted octanol–water partition coefficient (Wildman–Crippen LogP) is 0.903. The van der Waals surface area contributed by atoms with Crippen molar-refractivity contribution in [3.05, 3.63) is 0 Å². The van der Waals surface area contributed by atoms with Gasteiger partial charge in [0.05, 0.1) is 12.6 Å². The first kappa shape index (κ1) is 17.8. The SMILES string of the molecule is CC(C)CC(CO)NC(=O)C1CCN(C(=O)N(C)C)CC1. The number of nitrogens with one attached hydrogen (secondary N) is 1. The van der Waals surface area contributed by atoms with E-state index in [9.17, 15) is 14.7 Å². The summed E-state index contributed by atoms with van der Waals surface area (Å²) in [4.78, 5) is 27.4. The number of rotatable bonds is 5. The minimum atomic E-state index is -0.168. The summed E-state index contributed by atoms with van der Waals surface area (Å²) in [6, 6.07) is -0.166. The molecule has 2 N–H and O–H groups in total. The number of likely N-dealkylation sites (tertiary alicyclic amines) is 1. The maximum Gasteiger partial charge on any atom is 0.319 e. The molecule has 1 saturated heterocycles. The Morgan fingerprint density at radius 2 is 1.86 bits per heavy atom. The molecule has 1 unspecified atom stereocenters.